The molecule has 0 saturated heterocycles. The first-order chi connectivity index (χ1) is 7.56. The van der Waals surface area contributed by atoms with Crippen LogP contribution >= 0.6 is 0 Å². The average molecular weight is 220 g/mol. The molecule has 0 saturated carbocycles. The van der Waals surface area contributed by atoms with Crippen LogP contribution in [-0.2, 0) is 5.41 Å². The van der Waals surface area contributed by atoms with Crippen molar-refractivity contribution in [1.82, 2.24) is 9.97 Å². The monoisotopic (exact) mass is 220 g/mol. The summed E-state index contributed by atoms with van der Waals surface area (Å²) >= 11 is 0. The lowest BCUT2D eigenvalue weighted by atomic mass is 9.86. The van der Waals surface area contributed by atoms with Crippen molar-refractivity contribution in [3.8, 4) is 0 Å². The van der Waals surface area contributed by atoms with Crippen molar-refractivity contribution in [2.75, 3.05) is 0 Å². The van der Waals surface area contributed by atoms with Crippen LogP contribution in [0.2, 0.25) is 0 Å². The SMILES string of the molecule is CCCCCCC(C)(C)c1nccc(C)n1. The van der Waals surface area contributed by atoms with E-state index in [2.05, 4.69) is 30.7 Å². The fourth-order valence-electron chi connectivity index (χ4n) is 1.88. The lowest BCUT2D eigenvalue weighted by Gasteiger charge is -2.22. The lowest BCUT2D eigenvalue weighted by molar-refractivity contribution is 0.421. The molecular weight excluding hydrogens is 196 g/mol. The molecule has 16 heavy (non-hydrogen) atoms. The lowest BCUT2D eigenvalue weighted by Crippen LogP contribution is -2.21. The summed E-state index contributed by atoms with van der Waals surface area (Å²) < 4.78 is 0. The molecule has 0 unspecified atom stereocenters. The first-order valence-electron chi connectivity index (χ1n) is 6.36. The molecule has 0 amide bonds. The fourth-order valence-corrected chi connectivity index (χ4v) is 1.88. The molecule has 0 N–H and O–H groups in total. The number of aromatic nitrogens is 2. The van der Waals surface area contributed by atoms with Gasteiger partial charge in [-0.05, 0) is 19.4 Å². The Morgan fingerprint density at radius 3 is 2.56 bits per heavy atom. The van der Waals surface area contributed by atoms with Gasteiger partial charge < -0.3 is 0 Å². The van der Waals surface area contributed by atoms with E-state index in [1.807, 2.05) is 19.2 Å². The van der Waals surface area contributed by atoms with E-state index in [4.69, 9.17) is 0 Å². The Labute approximate surface area is 99.5 Å². The minimum Gasteiger partial charge on any atom is -0.241 e. The molecule has 0 spiro atoms. The molecule has 2 heteroatoms. The van der Waals surface area contributed by atoms with E-state index >= 15 is 0 Å². The zero-order chi connectivity index (χ0) is 12.0. The smallest absolute Gasteiger partial charge is 0.134 e. The fraction of sp³-hybridized carbons (Fsp3) is 0.714. The quantitative estimate of drug-likeness (QED) is 0.676. The molecule has 1 heterocycles. The zero-order valence-corrected chi connectivity index (χ0v) is 11.1. The maximum Gasteiger partial charge on any atom is 0.134 e. The molecular formula is C14H24N2. The van der Waals surface area contributed by atoms with Crippen LogP contribution in [0.5, 0.6) is 0 Å². The second kappa shape index (κ2) is 5.97. The van der Waals surface area contributed by atoms with Gasteiger partial charge in [0.25, 0.3) is 0 Å². The predicted molar refractivity (Wildman–Crippen MR) is 68.6 cm³/mol. The van der Waals surface area contributed by atoms with E-state index in [-0.39, 0.29) is 5.41 Å². The minimum absolute atomic E-state index is 0.111. The van der Waals surface area contributed by atoms with E-state index in [9.17, 15) is 0 Å². The second-order valence-corrected chi connectivity index (χ2v) is 5.22. The molecule has 0 aliphatic rings. The highest BCUT2D eigenvalue weighted by Gasteiger charge is 2.23. The topological polar surface area (TPSA) is 25.8 Å². The van der Waals surface area contributed by atoms with Gasteiger partial charge in [-0.1, -0.05) is 46.5 Å². The van der Waals surface area contributed by atoms with Gasteiger partial charge in [-0.15, -0.1) is 0 Å². The minimum atomic E-state index is 0.111. The van der Waals surface area contributed by atoms with Crippen LogP contribution in [0.15, 0.2) is 12.3 Å². The Balaban J connectivity index is 2.55. The van der Waals surface area contributed by atoms with Gasteiger partial charge in [-0.3, -0.25) is 0 Å². The molecule has 2 nitrogen and oxygen atoms in total. The molecule has 0 bridgehead atoms. The number of hydrogen-bond donors (Lipinski definition) is 0. The normalized spacial score (nSPS) is 11.8. The standard InChI is InChI=1S/C14H24N2/c1-5-6-7-8-10-14(3,4)13-15-11-9-12(2)16-13/h9,11H,5-8,10H2,1-4H3. The van der Waals surface area contributed by atoms with Gasteiger partial charge in [0.2, 0.25) is 0 Å². The maximum absolute atomic E-state index is 4.53. The van der Waals surface area contributed by atoms with Gasteiger partial charge in [-0.2, -0.15) is 0 Å². The number of rotatable bonds is 6. The Bertz CT molecular complexity index is 318. The van der Waals surface area contributed by atoms with Gasteiger partial charge >= 0.3 is 0 Å². The molecule has 0 fully saturated rings. The largest absolute Gasteiger partial charge is 0.241 e. The molecule has 0 aliphatic heterocycles. The first kappa shape index (κ1) is 13.1. The van der Waals surface area contributed by atoms with E-state index in [0.717, 1.165) is 11.5 Å². The molecule has 0 aliphatic carbocycles. The predicted octanol–water partition coefficient (Wildman–Crippen LogP) is 4.03. The zero-order valence-electron chi connectivity index (χ0n) is 11.1. The molecule has 0 atom stereocenters. The number of hydrogen-bond acceptors (Lipinski definition) is 2. The highest BCUT2D eigenvalue weighted by molar-refractivity contribution is 5.08. The van der Waals surface area contributed by atoms with Crippen molar-refractivity contribution in [3.05, 3.63) is 23.8 Å². The van der Waals surface area contributed by atoms with Crippen LogP contribution in [0.25, 0.3) is 0 Å². The van der Waals surface area contributed by atoms with Crippen molar-refractivity contribution in [3.63, 3.8) is 0 Å². The van der Waals surface area contributed by atoms with Gasteiger partial charge in [0, 0.05) is 17.3 Å². The number of nitrogens with zero attached hydrogens (tertiary/aromatic N) is 2. The van der Waals surface area contributed by atoms with Gasteiger partial charge in [0.05, 0.1) is 0 Å². The van der Waals surface area contributed by atoms with Crippen molar-refractivity contribution in [1.29, 1.82) is 0 Å². The van der Waals surface area contributed by atoms with Crippen molar-refractivity contribution >= 4 is 0 Å². The second-order valence-electron chi connectivity index (χ2n) is 5.22. The Morgan fingerprint density at radius 2 is 1.94 bits per heavy atom. The highest BCUT2D eigenvalue weighted by atomic mass is 14.9. The summed E-state index contributed by atoms with van der Waals surface area (Å²) in [6, 6.07) is 1.96. The summed E-state index contributed by atoms with van der Waals surface area (Å²) in [6.45, 7) is 8.76. The number of unbranched alkanes of at least 4 members (excludes halogenated alkanes) is 3. The third kappa shape index (κ3) is 3.92. The van der Waals surface area contributed by atoms with Crippen LogP contribution in [-0.4, -0.2) is 9.97 Å². The van der Waals surface area contributed by atoms with E-state index < -0.39 is 0 Å². The Morgan fingerprint density at radius 1 is 1.19 bits per heavy atom. The molecule has 1 aromatic heterocycles. The summed E-state index contributed by atoms with van der Waals surface area (Å²) in [5.41, 5.74) is 1.17. The van der Waals surface area contributed by atoms with Crippen LogP contribution in [0.3, 0.4) is 0 Å². The maximum atomic E-state index is 4.53. The number of aryl methyl sites for hydroxylation is 1. The van der Waals surface area contributed by atoms with Crippen LogP contribution in [0.1, 0.15) is 64.4 Å². The van der Waals surface area contributed by atoms with Crippen molar-refractivity contribution in [2.24, 2.45) is 0 Å². The van der Waals surface area contributed by atoms with Crippen molar-refractivity contribution in [2.45, 2.75) is 65.2 Å². The summed E-state index contributed by atoms with van der Waals surface area (Å²) in [5, 5.41) is 0. The first-order valence-corrected chi connectivity index (χ1v) is 6.36. The van der Waals surface area contributed by atoms with Gasteiger partial charge in [-0.25, -0.2) is 9.97 Å². The third-order valence-electron chi connectivity index (χ3n) is 3.06. The summed E-state index contributed by atoms with van der Waals surface area (Å²) in [6.07, 6.45) is 8.28. The third-order valence-corrected chi connectivity index (χ3v) is 3.06. The molecule has 0 radical (unpaired) electrons. The molecule has 90 valence electrons. The highest BCUT2D eigenvalue weighted by Crippen LogP contribution is 2.26. The summed E-state index contributed by atoms with van der Waals surface area (Å²) in [4.78, 5) is 8.93. The summed E-state index contributed by atoms with van der Waals surface area (Å²) in [5.74, 6) is 0.990. The van der Waals surface area contributed by atoms with E-state index in [1.165, 1.54) is 32.1 Å². The average Bonchev–Trinajstić information content (AvgIpc) is 2.24. The molecule has 1 aromatic rings. The van der Waals surface area contributed by atoms with Gasteiger partial charge in [0.1, 0.15) is 5.82 Å². The van der Waals surface area contributed by atoms with Crippen LogP contribution in [0, 0.1) is 6.92 Å². The van der Waals surface area contributed by atoms with E-state index in [1.54, 1.807) is 0 Å². The van der Waals surface area contributed by atoms with Gasteiger partial charge in [0.15, 0.2) is 0 Å². The Kier molecular flexibility index (Phi) is 4.91. The molecule has 1 rings (SSSR count). The van der Waals surface area contributed by atoms with Crippen LogP contribution < -0.4 is 0 Å². The molecule has 0 aromatic carbocycles. The van der Waals surface area contributed by atoms with E-state index in [0.29, 0.717) is 0 Å². The van der Waals surface area contributed by atoms with Crippen molar-refractivity contribution < 1.29 is 0 Å². The Hall–Kier alpha value is -0.920. The van der Waals surface area contributed by atoms with Crippen LogP contribution in [0.4, 0.5) is 0 Å². The summed E-state index contributed by atoms with van der Waals surface area (Å²) in [7, 11) is 0.